The molecule has 2 fully saturated rings. The fraction of sp³-hybridized carbons (Fsp3) is 0.562. The number of anilines is 1. The van der Waals surface area contributed by atoms with Crippen molar-refractivity contribution in [2.75, 3.05) is 44.3 Å². The molecule has 114 valence electrons. The molecule has 0 bridgehead atoms. The predicted octanol–water partition coefficient (Wildman–Crippen LogP) is 2.52. The van der Waals surface area contributed by atoms with Gasteiger partial charge in [0.25, 0.3) is 0 Å². The van der Waals surface area contributed by atoms with E-state index in [9.17, 15) is 4.79 Å². The van der Waals surface area contributed by atoms with E-state index in [1.807, 2.05) is 11.0 Å². The summed E-state index contributed by atoms with van der Waals surface area (Å²) in [7, 11) is 0. The summed E-state index contributed by atoms with van der Waals surface area (Å²) in [6.07, 6.45) is 1.76. The summed E-state index contributed by atoms with van der Waals surface area (Å²) in [5.74, 6) is 0.499. The lowest BCUT2D eigenvalue weighted by Gasteiger charge is -2.38. The van der Waals surface area contributed by atoms with Crippen LogP contribution in [0.4, 0.5) is 5.69 Å². The normalized spacial score (nSPS) is 20.6. The fourth-order valence-corrected chi connectivity index (χ4v) is 3.61. The van der Waals surface area contributed by atoms with E-state index in [0.717, 1.165) is 56.7 Å². The third-order valence-corrected chi connectivity index (χ3v) is 5.03. The summed E-state index contributed by atoms with van der Waals surface area (Å²) < 4.78 is 6.46. The average Bonchev–Trinajstić information content (AvgIpc) is 2.56. The molecular weight excluding hydrogens is 332 g/mol. The number of hydrogen-bond acceptors (Lipinski definition) is 3. The highest BCUT2D eigenvalue weighted by Crippen LogP contribution is 2.27. The molecule has 1 amide bonds. The van der Waals surface area contributed by atoms with Gasteiger partial charge in [0.05, 0.1) is 5.69 Å². The van der Waals surface area contributed by atoms with E-state index in [1.165, 1.54) is 5.69 Å². The summed E-state index contributed by atoms with van der Waals surface area (Å²) in [5.41, 5.74) is 1.22. The average molecular weight is 353 g/mol. The van der Waals surface area contributed by atoms with Crippen molar-refractivity contribution in [3.63, 3.8) is 0 Å². The Morgan fingerprint density at radius 2 is 1.76 bits per heavy atom. The lowest BCUT2D eigenvalue weighted by Crippen LogP contribution is -2.51. The van der Waals surface area contributed by atoms with Crippen LogP contribution in [-0.4, -0.2) is 50.2 Å². The van der Waals surface area contributed by atoms with Crippen LogP contribution >= 0.6 is 15.9 Å². The molecule has 1 aromatic rings. The van der Waals surface area contributed by atoms with Crippen LogP contribution in [0.3, 0.4) is 0 Å². The fourth-order valence-electron chi connectivity index (χ4n) is 3.08. The van der Waals surface area contributed by atoms with Gasteiger partial charge in [0, 0.05) is 49.8 Å². The van der Waals surface area contributed by atoms with Gasteiger partial charge in [-0.25, -0.2) is 0 Å². The van der Waals surface area contributed by atoms with E-state index in [0.29, 0.717) is 5.91 Å². The van der Waals surface area contributed by atoms with E-state index in [2.05, 4.69) is 39.0 Å². The molecule has 0 aromatic heterocycles. The van der Waals surface area contributed by atoms with Crippen LogP contribution in [0.5, 0.6) is 0 Å². The first-order chi connectivity index (χ1) is 10.3. The Labute approximate surface area is 134 Å². The molecule has 0 spiro atoms. The maximum atomic E-state index is 12.5. The third-order valence-electron chi connectivity index (χ3n) is 4.36. The number of hydrogen-bond donors (Lipinski definition) is 0. The first-order valence-electron chi connectivity index (χ1n) is 7.62. The third kappa shape index (κ3) is 3.40. The number of piperazine rings is 1. The molecule has 2 saturated heterocycles. The Hall–Kier alpha value is -1.07. The van der Waals surface area contributed by atoms with Gasteiger partial charge in [0.1, 0.15) is 0 Å². The number of carbonyl (C=O) groups excluding carboxylic acids is 1. The number of nitrogens with zero attached hydrogens (tertiary/aromatic N) is 2. The van der Waals surface area contributed by atoms with Gasteiger partial charge >= 0.3 is 0 Å². The minimum atomic E-state index is 0.175. The number of amides is 1. The molecule has 21 heavy (non-hydrogen) atoms. The van der Waals surface area contributed by atoms with E-state index < -0.39 is 0 Å². The smallest absolute Gasteiger partial charge is 0.225 e. The Morgan fingerprint density at radius 1 is 1.10 bits per heavy atom. The molecule has 1 aromatic carbocycles. The van der Waals surface area contributed by atoms with Crippen LogP contribution < -0.4 is 4.90 Å². The van der Waals surface area contributed by atoms with Crippen LogP contribution in [0.1, 0.15) is 12.8 Å². The SMILES string of the molecule is O=C(C1CCOCC1)N1CCN(c2ccccc2Br)CC1. The molecule has 3 rings (SSSR count). The Morgan fingerprint density at radius 3 is 2.43 bits per heavy atom. The van der Waals surface area contributed by atoms with Crippen LogP contribution in [0.15, 0.2) is 28.7 Å². The predicted molar refractivity (Wildman–Crippen MR) is 86.5 cm³/mol. The molecule has 0 saturated carbocycles. The topological polar surface area (TPSA) is 32.8 Å². The second kappa shape index (κ2) is 6.79. The minimum absolute atomic E-state index is 0.175. The van der Waals surface area contributed by atoms with Crippen molar-refractivity contribution in [1.82, 2.24) is 4.90 Å². The number of carbonyl (C=O) groups is 1. The van der Waals surface area contributed by atoms with Crippen molar-refractivity contribution in [3.05, 3.63) is 28.7 Å². The van der Waals surface area contributed by atoms with Crippen LogP contribution in [0.2, 0.25) is 0 Å². The van der Waals surface area contributed by atoms with Gasteiger partial charge in [0.2, 0.25) is 5.91 Å². The Kier molecular flexibility index (Phi) is 4.80. The largest absolute Gasteiger partial charge is 0.381 e. The zero-order chi connectivity index (χ0) is 14.7. The summed E-state index contributed by atoms with van der Waals surface area (Å²) in [5, 5.41) is 0. The Bertz CT molecular complexity index is 495. The molecule has 0 aliphatic carbocycles. The lowest BCUT2D eigenvalue weighted by atomic mass is 9.98. The molecule has 0 unspecified atom stereocenters. The van der Waals surface area contributed by atoms with Gasteiger partial charge in [-0.05, 0) is 40.9 Å². The number of rotatable bonds is 2. The minimum Gasteiger partial charge on any atom is -0.381 e. The van der Waals surface area contributed by atoms with E-state index >= 15 is 0 Å². The lowest BCUT2D eigenvalue weighted by molar-refractivity contribution is -0.138. The summed E-state index contributed by atoms with van der Waals surface area (Å²) in [6, 6.07) is 8.27. The van der Waals surface area contributed by atoms with Crippen LogP contribution in [-0.2, 0) is 9.53 Å². The van der Waals surface area contributed by atoms with Gasteiger partial charge in [-0.3, -0.25) is 4.79 Å². The molecule has 2 heterocycles. The quantitative estimate of drug-likeness (QED) is 0.819. The first-order valence-corrected chi connectivity index (χ1v) is 8.41. The van der Waals surface area contributed by atoms with Crippen molar-refractivity contribution < 1.29 is 9.53 Å². The molecule has 4 nitrogen and oxygen atoms in total. The molecule has 2 aliphatic heterocycles. The summed E-state index contributed by atoms with van der Waals surface area (Å²) in [6.45, 7) is 4.89. The zero-order valence-electron chi connectivity index (χ0n) is 12.1. The van der Waals surface area contributed by atoms with Crippen LogP contribution in [0.25, 0.3) is 0 Å². The van der Waals surface area contributed by atoms with Gasteiger partial charge in [-0.1, -0.05) is 12.1 Å². The van der Waals surface area contributed by atoms with Crippen LogP contribution in [0, 0.1) is 5.92 Å². The molecular formula is C16H21BrN2O2. The van der Waals surface area contributed by atoms with Crippen molar-refractivity contribution in [2.24, 2.45) is 5.92 Å². The summed E-state index contributed by atoms with van der Waals surface area (Å²) >= 11 is 3.60. The maximum Gasteiger partial charge on any atom is 0.225 e. The van der Waals surface area contributed by atoms with E-state index in [4.69, 9.17) is 4.74 Å². The molecule has 0 N–H and O–H groups in total. The highest BCUT2D eigenvalue weighted by Gasteiger charge is 2.29. The van der Waals surface area contributed by atoms with Gasteiger partial charge < -0.3 is 14.5 Å². The second-order valence-electron chi connectivity index (χ2n) is 5.65. The zero-order valence-corrected chi connectivity index (χ0v) is 13.7. The Balaban J connectivity index is 1.57. The van der Waals surface area contributed by atoms with E-state index in [-0.39, 0.29) is 5.92 Å². The highest BCUT2D eigenvalue weighted by atomic mass is 79.9. The van der Waals surface area contributed by atoms with Crippen molar-refractivity contribution in [2.45, 2.75) is 12.8 Å². The monoisotopic (exact) mass is 352 g/mol. The van der Waals surface area contributed by atoms with Gasteiger partial charge in [-0.15, -0.1) is 0 Å². The van der Waals surface area contributed by atoms with Crippen molar-refractivity contribution in [1.29, 1.82) is 0 Å². The van der Waals surface area contributed by atoms with Gasteiger partial charge in [0.15, 0.2) is 0 Å². The molecule has 2 aliphatic rings. The first kappa shape index (κ1) is 14.9. The number of para-hydroxylation sites is 1. The van der Waals surface area contributed by atoms with Crippen molar-refractivity contribution >= 4 is 27.5 Å². The standard InChI is InChI=1S/C16H21BrN2O2/c17-14-3-1-2-4-15(14)18-7-9-19(10-8-18)16(20)13-5-11-21-12-6-13/h1-4,13H,5-12H2. The molecule has 5 heteroatoms. The van der Waals surface area contributed by atoms with Crippen molar-refractivity contribution in [3.8, 4) is 0 Å². The second-order valence-corrected chi connectivity index (χ2v) is 6.50. The van der Waals surface area contributed by atoms with Gasteiger partial charge in [-0.2, -0.15) is 0 Å². The maximum absolute atomic E-state index is 12.5. The van der Waals surface area contributed by atoms with E-state index in [1.54, 1.807) is 0 Å². The highest BCUT2D eigenvalue weighted by molar-refractivity contribution is 9.10. The number of ether oxygens (including phenoxy) is 1. The number of benzene rings is 1. The number of halogens is 1. The molecule has 0 atom stereocenters. The molecule has 0 radical (unpaired) electrons. The summed E-state index contributed by atoms with van der Waals surface area (Å²) in [4.78, 5) is 16.9.